The highest BCUT2D eigenvalue weighted by atomic mass is 16.5. The Morgan fingerprint density at radius 3 is 2.08 bits per heavy atom. The van der Waals surface area contributed by atoms with E-state index in [1.807, 2.05) is 12.1 Å². The molecule has 0 unspecified atom stereocenters. The van der Waals surface area contributed by atoms with Crippen molar-refractivity contribution in [1.29, 1.82) is 0 Å². The lowest BCUT2D eigenvalue weighted by Gasteiger charge is -2.42. The second-order valence-electron chi connectivity index (χ2n) is 8.56. The molecule has 0 bridgehead atoms. The third-order valence-electron chi connectivity index (χ3n) is 5.85. The van der Waals surface area contributed by atoms with Crippen LogP contribution in [0.1, 0.15) is 67.6 Å². The summed E-state index contributed by atoms with van der Waals surface area (Å²) in [6.45, 7) is 11.5. The molecule has 0 amide bonds. The van der Waals surface area contributed by atoms with Gasteiger partial charge in [0.1, 0.15) is 12.0 Å². The van der Waals surface area contributed by atoms with Crippen molar-refractivity contribution < 1.29 is 9.53 Å². The van der Waals surface area contributed by atoms with Crippen LogP contribution in [0.5, 0.6) is 5.75 Å². The minimum Gasteiger partial charge on any atom is -0.496 e. The number of aldehydes is 1. The Labute approximate surface area is 151 Å². The molecule has 0 aromatic heterocycles. The van der Waals surface area contributed by atoms with E-state index in [1.165, 1.54) is 29.5 Å². The van der Waals surface area contributed by atoms with Crippen molar-refractivity contribution in [3.63, 3.8) is 0 Å². The molecule has 0 atom stereocenters. The van der Waals surface area contributed by atoms with Crippen molar-refractivity contribution in [3.05, 3.63) is 52.6 Å². The first kappa shape index (κ1) is 17.7. The van der Waals surface area contributed by atoms with Crippen molar-refractivity contribution in [2.45, 2.75) is 58.3 Å². The van der Waals surface area contributed by atoms with Gasteiger partial charge in [-0.3, -0.25) is 4.79 Å². The van der Waals surface area contributed by atoms with E-state index in [2.05, 4.69) is 46.8 Å². The molecule has 0 aliphatic heterocycles. The van der Waals surface area contributed by atoms with E-state index in [0.29, 0.717) is 5.56 Å². The molecule has 2 aromatic carbocycles. The average molecular weight is 336 g/mol. The molecule has 0 heterocycles. The Morgan fingerprint density at radius 1 is 0.920 bits per heavy atom. The minimum atomic E-state index is 0.156. The molecule has 0 saturated carbocycles. The van der Waals surface area contributed by atoms with Crippen LogP contribution in [0.25, 0.3) is 11.1 Å². The smallest absolute Gasteiger partial charge is 0.150 e. The number of hydrogen-bond donors (Lipinski definition) is 0. The first-order chi connectivity index (χ1) is 11.7. The molecule has 0 fully saturated rings. The third kappa shape index (κ3) is 2.99. The number of rotatable bonds is 3. The Kier molecular flexibility index (Phi) is 4.26. The first-order valence-corrected chi connectivity index (χ1v) is 8.99. The molecule has 2 nitrogen and oxygen atoms in total. The fraction of sp³-hybridized carbons (Fsp3) is 0.435. The van der Waals surface area contributed by atoms with Crippen molar-refractivity contribution in [3.8, 4) is 16.9 Å². The average Bonchev–Trinajstić information content (AvgIpc) is 2.58. The van der Waals surface area contributed by atoms with Crippen LogP contribution in [0.4, 0.5) is 0 Å². The number of carbonyl (C=O) groups excluding carboxylic acids is 1. The Hall–Kier alpha value is -2.09. The second-order valence-corrected chi connectivity index (χ2v) is 8.56. The van der Waals surface area contributed by atoms with E-state index in [-0.39, 0.29) is 10.8 Å². The van der Waals surface area contributed by atoms with Crippen LogP contribution < -0.4 is 4.74 Å². The molecule has 1 aliphatic carbocycles. The number of carbonyl (C=O) groups is 1. The topological polar surface area (TPSA) is 26.3 Å². The van der Waals surface area contributed by atoms with Crippen LogP contribution in [0.2, 0.25) is 0 Å². The standard InChI is InChI=1S/C23H28O2/c1-15-11-19-20(23(4,5)10-9-22(19,2)3)13-17(15)18-12-16(14-24)7-8-21(18)25-6/h7-8,11-14H,9-10H2,1-6H3. The molecule has 0 spiro atoms. The fourth-order valence-electron chi connectivity index (χ4n) is 4.02. The predicted octanol–water partition coefficient (Wildman–Crippen LogP) is 5.83. The fourth-order valence-corrected chi connectivity index (χ4v) is 4.02. The monoisotopic (exact) mass is 336 g/mol. The maximum Gasteiger partial charge on any atom is 0.150 e. The van der Waals surface area contributed by atoms with Gasteiger partial charge >= 0.3 is 0 Å². The van der Waals surface area contributed by atoms with E-state index < -0.39 is 0 Å². The summed E-state index contributed by atoms with van der Waals surface area (Å²) in [5, 5.41) is 0. The largest absolute Gasteiger partial charge is 0.496 e. The third-order valence-corrected chi connectivity index (χ3v) is 5.85. The molecule has 1 aliphatic rings. The quantitative estimate of drug-likeness (QED) is 0.659. The highest BCUT2D eigenvalue weighted by molar-refractivity contribution is 5.83. The van der Waals surface area contributed by atoms with Gasteiger partial charge < -0.3 is 4.74 Å². The maximum absolute atomic E-state index is 11.3. The molecule has 0 radical (unpaired) electrons. The highest BCUT2D eigenvalue weighted by Crippen LogP contribution is 2.48. The lowest BCUT2D eigenvalue weighted by atomic mass is 9.62. The van der Waals surface area contributed by atoms with Crippen LogP contribution in [0, 0.1) is 6.92 Å². The molecule has 25 heavy (non-hydrogen) atoms. The molecule has 2 heteroatoms. The number of aryl methyl sites for hydroxylation is 1. The first-order valence-electron chi connectivity index (χ1n) is 8.99. The summed E-state index contributed by atoms with van der Waals surface area (Å²) in [5.41, 5.74) is 7.28. The Balaban J connectivity index is 2.28. The molecular weight excluding hydrogens is 308 g/mol. The van der Waals surface area contributed by atoms with Gasteiger partial charge in [-0.15, -0.1) is 0 Å². The second kappa shape index (κ2) is 6.01. The van der Waals surface area contributed by atoms with Gasteiger partial charge in [0.15, 0.2) is 0 Å². The summed E-state index contributed by atoms with van der Waals surface area (Å²) in [5.74, 6) is 0.807. The highest BCUT2D eigenvalue weighted by Gasteiger charge is 2.37. The summed E-state index contributed by atoms with van der Waals surface area (Å²) in [6, 6.07) is 10.3. The van der Waals surface area contributed by atoms with Gasteiger partial charge in [-0.1, -0.05) is 33.8 Å². The zero-order valence-corrected chi connectivity index (χ0v) is 16.2. The minimum absolute atomic E-state index is 0.156. The SMILES string of the molecule is COc1ccc(C=O)cc1-c1cc2c(cc1C)C(C)(C)CCC2(C)C. The van der Waals surface area contributed by atoms with Crippen LogP contribution in [0.15, 0.2) is 30.3 Å². The lowest BCUT2D eigenvalue weighted by molar-refractivity contribution is 0.112. The molecule has 0 saturated heterocycles. The van der Waals surface area contributed by atoms with Gasteiger partial charge in [-0.05, 0) is 77.1 Å². The van der Waals surface area contributed by atoms with Crippen molar-refractivity contribution in [2.75, 3.05) is 7.11 Å². The van der Waals surface area contributed by atoms with Gasteiger partial charge in [0.25, 0.3) is 0 Å². The number of methoxy groups -OCH3 is 1. The maximum atomic E-state index is 11.3. The Bertz CT molecular complexity index is 828. The van der Waals surface area contributed by atoms with Gasteiger partial charge in [-0.25, -0.2) is 0 Å². The zero-order valence-electron chi connectivity index (χ0n) is 16.2. The lowest BCUT2D eigenvalue weighted by Crippen LogP contribution is -2.34. The van der Waals surface area contributed by atoms with Crippen LogP contribution in [0.3, 0.4) is 0 Å². The van der Waals surface area contributed by atoms with E-state index in [4.69, 9.17) is 4.74 Å². The van der Waals surface area contributed by atoms with E-state index in [9.17, 15) is 4.79 Å². The van der Waals surface area contributed by atoms with Crippen molar-refractivity contribution >= 4 is 6.29 Å². The summed E-state index contributed by atoms with van der Waals surface area (Å²) in [6.07, 6.45) is 3.28. The molecule has 3 rings (SSSR count). The Morgan fingerprint density at radius 2 is 1.52 bits per heavy atom. The van der Waals surface area contributed by atoms with Gasteiger partial charge in [0.2, 0.25) is 0 Å². The summed E-state index contributed by atoms with van der Waals surface area (Å²) in [4.78, 5) is 11.3. The van der Waals surface area contributed by atoms with Gasteiger partial charge in [0.05, 0.1) is 7.11 Å². The van der Waals surface area contributed by atoms with E-state index in [0.717, 1.165) is 23.2 Å². The molecule has 0 N–H and O–H groups in total. The predicted molar refractivity (Wildman–Crippen MR) is 104 cm³/mol. The normalized spacial score (nSPS) is 17.7. The van der Waals surface area contributed by atoms with Crippen LogP contribution in [-0.4, -0.2) is 13.4 Å². The number of fused-ring (bicyclic) bond motifs is 1. The van der Waals surface area contributed by atoms with Gasteiger partial charge in [0, 0.05) is 11.1 Å². The van der Waals surface area contributed by atoms with E-state index in [1.54, 1.807) is 13.2 Å². The molecule has 2 aromatic rings. The molecular formula is C23H28O2. The summed E-state index contributed by atoms with van der Waals surface area (Å²) < 4.78 is 5.58. The molecule has 132 valence electrons. The number of benzene rings is 2. The van der Waals surface area contributed by atoms with E-state index >= 15 is 0 Å². The van der Waals surface area contributed by atoms with Crippen LogP contribution in [-0.2, 0) is 10.8 Å². The van der Waals surface area contributed by atoms with Crippen molar-refractivity contribution in [1.82, 2.24) is 0 Å². The van der Waals surface area contributed by atoms with Gasteiger partial charge in [-0.2, -0.15) is 0 Å². The van der Waals surface area contributed by atoms with Crippen molar-refractivity contribution in [2.24, 2.45) is 0 Å². The summed E-state index contributed by atoms with van der Waals surface area (Å²) in [7, 11) is 1.68. The number of ether oxygens (including phenoxy) is 1. The van der Waals surface area contributed by atoms with Crippen LogP contribution >= 0.6 is 0 Å². The summed E-state index contributed by atoms with van der Waals surface area (Å²) >= 11 is 0. The number of hydrogen-bond acceptors (Lipinski definition) is 2. The zero-order chi connectivity index (χ0) is 18.4.